The molecule has 6 heteroatoms. The van der Waals surface area contributed by atoms with Crippen LogP contribution >= 0.6 is 11.3 Å². The third-order valence-corrected chi connectivity index (χ3v) is 5.25. The second kappa shape index (κ2) is 8.85. The van der Waals surface area contributed by atoms with E-state index >= 15 is 0 Å². The van der Waals surface area contributed by atoms with E-state index in [0.717, 1.165) is 37.1 Å². The minimum Gasteiger partial charge on any atom is -0.371 e. The summed E-state index contributed by atoms with van der Waals surface area (Å²) in [7, 11) is 0. The molecule has 25 heavy (non-hydrogen) atoms. The van der Waals surface area contributed by atoms with Gasteiger partial charge < -0.3 is 15.5 Å². The first-order chi connectivity index (χ1) is 12.2. The first-order valence-corrected chi connectivity index (χ1v) is 9.79. The summed E-state index contributed by atoms with van der Waals surface area (Å²) >= 11 is 1.71. The van der Waals surface area contributed by atoms with E-state index in [0.29, 0.717) is 12.5 Å². The van der Waals surface area contributed by atoms with E-state index in [2.05, 4.69) is 69.7 Å². The molecule has 1 aliphatic rings. The fourth-order valence-electron chi connectivity index (χ4n) is 3.08. The third kappa shape index (κ3) is 5.19. The highest BCUT2D eigenvalue weighted by atomic mass is 32.1. The highest BCUT2D eigenvalue weighted by molar-refractivity contribution is 7.11. The molecule has 1 aromatic heterocycles. The number of hydrogen-bond acceptors (Lipinski definition) is 4. The van der Waals surface area contributed by atoms with Gasteiger partial charge in [0.1, 0.15) is 5.01 Å². The summed E-state index contributed by atoms with van der Waals surface area (Å²) in [6.07, 6.45) is 3.12. The van der Waals surface area contributed by atoms with Crippen LogP contribution in [0.3, 0.4) is 0 Å². The summed E-state index contributed by atoms with van der Waals surface area (Å²) in [4.78, 5) is 12.7. The first kappa shape index (κ1) is 17.7. The van der Waals surface area contributed by atoms with E-state index in [4.69, 9.17) is 0 Å². The summed E-state index contributed by atoms with van der Waals surface area (Å²) in [5, 5.41) is 7.89. The van der Waals surface area contributed by atoms with Crippen LogP contribution in [0.25, 0.3) is 0 Å². The van der Waals surface area contributed by atoms with E-state index in [1.807, 2.05) is 6.20 Å². The number of aryl methyl sites for hydroxylation is 1. The topological polar surface area (TPSA) is 52.6 Å². The van der Waals surface area contributed by atoms with Crippen LogP contribution in [0.1, 0.15) is 23.2 Å². The number of anilines is 1. The quantitative estimate of drug-likeness (QED) is 0.616. The van der Waals surface area contributed by atoms with Crippen molar-refractivity contribution < 1.29 is 0 Å². The fraction of sp³-hybridized carbons (Fsp3) is 0.474. The molecule has 3 rings (SSSR count). The van der Waals surface area contributed by atoms with Crippen LogP contribution in [0.5, 0.6) is 0 Å². The molecule has 1 unspecified atom stereocenters. The number of aliphatic imine (C=N–C) groups is 1. The van der Waals surface area contributed by atoms with E-state index < -0.39 is 0 Å². The molecule has 134 valence electrons. The second-order valence-corrected chi connectivity index (χ2v) is 7.70. The normalized spacial score (nSPS) is 17.8. The first-order valence-electron chi connectivity index (χ1n) is 8.98. The van der Waals surface area contributed by atoms with Crippen molar-refractivity contribution in [3.8, 4) is 0 Å². The maximum Gasteiger partial charge on any atom is 0.191 e. The van der Waals surface area contributed by atoms with Gasteiger partial charge >= 0.3 is 0 Å². The molecule has 0 aliphatic carbocycles. The van der Waals surface area contributed by atoms with Gasteiger partial charge in [0.25, 0.3) is 0 Å². The Morgan fingerprint density at radius 3 is 2.88 bits per heavy atom. The van der Waals surface area contributed by atoms with Crippen molar-refractivity contribution in [1.29, 1.82) is 0 Å². The monoisotopic (exact) mass is 357 g/mol. The average Bonchev–Trinajstić information content (AvgIpc) is 3.27. The van der Waals surface area contributed by atoms with Crippen molar-refractivity contribution >= 4 is 23.0 Å². The van der Waals surface area contributed by atoms with Crippen LogP contribution in [-0.2, 0) is 6.54 Å². The van der Waals surface area contributed by atoms with Gasteiger partial charge in [-0.05, 0) is 38.3 Å². The van der Waals surface area contributed by atoms with Crippen LogP contribution < -0.4 is 15.5 Å². The number of guanidine groups is 1. The summed E-state index contributed by atoms with van der Waals surface area (Å²) < 4.78 is 0. The SMILES string of the molecule is CCNC(=NCc1ncc(C)s1)NCC1CCN(c2ccccc2)C1. The minimum atomic E-state index is 0.634. The van der Waals surface area contributed by atoms with Crippen molar-refractivity contribution in [2.75, 3.05) is 31.1 Å². The molecule has 1 saturated heterocycles. The Hall–Kier alpha value is -2.08. The fourth-order valence-corrected chi connectivity index (χ4v) is 3.79. The zero-order chi connectivity index (χ0) is 17.5. The van der Waals surface area contributed by atoms with Crippen molar-refractivity contribution in [3.05, 3.63) is 46.4 Å². The number of thiazole rings is 1. The summed E-state index contributed by atoms with van der Waals surface area (Å²) in [5.41, 5.74) is 1.32. The number of nitrogens with one attached hydrogen (secondary N) is 2. The molecular weight excluding hydrogens is 330 g/mol. The molecule has 5 nitrogen and oxygen atoms in total. The Balaban J connectivity index is 1.50. The van der Waals surface area contributed by atoms with Crippen molar-refractivity contribution in [3.63, 3.8) is 0 Å². The summed E-state index contributed by atoms with van der Waals surface area (Å²) in [5.74, 6) is 1.53. The van der Waals surface area contributed by atoms with Gasteiger partial charge in [0, 0.05) is 42.9 Å². The number of para-hydroxylation sites is 1. The van der Waals surface area contributed by atoms with Crippen molar-refractivity contribution in [1.82, 2.24) is 15.6 Å². The lowest BCUT2D eigenvalue weighted by Crippen LogP contribution is -2.40. The van der Waals surface area contributed by atoms with Gasteiger partial charge in [0.05, 0.1) is 6.54 Å². The standard InChI is InChI=1S/C19H27N5S/c1-3-20-19(23-13-18-21-11-15(2)25-18)22-12-16-9-10-24(14-16)17-7-5-4-6-8-17/h4-8,11,16H,3,9-10,12-14H2,1-2H3,(H2,20,22,23). The Labute approximate surface area is 154 Å². The number of benzene rings is 1. The average molecular weight is 358 g/mol. The smallest absolute Gasteiger partial charge is 0.191 e. The van der Waals surface area contributed by atoms with E-state index in [-0.39, 0.29) is 0 Å². The van der Waals surface area contributed by atoms with Gasteiger partial charge in [-0.1, -0.05) is 18.2 Å². The third-order valence-electron chi connectivity index (χ3n) is 4.35. The van der Waals surface area contributed by atoms with Crippen molar-refractivity contribution in [2.24, 2.45) is 10.9 Å². The largest absolute Gasteiger partial charge is 0.371 e. The molecule has 1 fully saturated rings. The molecule has 0 radical (unpaired) electrons. The zero-order valence-corrected chi connectivity index (χ0v) is 15.9. The molecule has 2 aromatic rings. The lowest BCUT2D eigenvalue weighted by atomic mass is 10.1. The molecule has 0 bridgehead atoms. The van der Waals surface area contributed by atoms with Gasteiger partial charge in [-0.15, -0.1) is 11.3 Å². The van der Waals surface area contributed by atoms with E-state index in [9.17, 15) is 0 Å². The lowest BCUT2D eigenvalue weighted by molar-refractivity contribution is 0.566. The van der Waals surface area contributed by atoms with Gasteiger partial charge in [-0.25, -0.2) is 9.98 Å². The van der Waals surface area contributed by atoms with Gasteiger partial charge in [-0.3, -0.25) is 0 Å². The highest BCUT2D eigenvalue weighted by Gasteiger charge is 2.22. The summed E-state index contributed by atoms with van der Waals surface area (Å²) in [6, 6.07) is 10.7. The highest BCUT2D eigenvalue weighted by Crippen LogP contribution is 2.22. The molecule has 2 heterocycles. The number of nitrogens with zero attached hydrogens (tertiary/aromatic N) is 3. The maximum atomic E-state index is 4.66. The van der Waals surface area contributed by atoms with E-state index in [1.165, 1.54) is 17.0 Å². The molecular formula is C19H27N5S. The molecule has 0 amide bonds. The van der Waals surface area contributed by atoms with Crippen LogP contribution in [0.2, 0.25) is 0 Å². The van der Waals surface area contributed by atoms with Gasteiger partial charge in [-0.2, -0.15) is 0 Å². The Kier molecular flexibility index (Phi) is 6.28. The Morgan fingerprint density at radius 2 is 2.16 bits per heavy atom. The van der Waals surface area contributed by atoms with Crippen LogP contribution in [0, 0.1) is 12.8 Å². The Bertz CT molecular complexity index is 682. The molecule has 1 aromatic carbocycles. The zero-order valence-electron chi connectivity index (χ0n) is 15.0. The molecule has 1 aliphatic heterocycles. The molecule has 0 spiro atoms. The van der Waals surface area contributed by atoms with Gasteiger partial charge in [0.15, 0.2) is 5.96 Å². The van der Waals surface area contributed by atoms with Crippen molar-refractivity contribution in [2.45, 2.75) is 26.8 Å². The predicted molar refractivity (Wildman–Crippen MR) is 106 cm³/mol. The predicted octanol–water partition coefficient (Wildman–Crippen LogP) is 3.03. The molecule has 2 N–H and O–H groups in total. The molecule has 0 saturated carbocycles. The number of aromatic nitrogens is 1. The summed E-state index contributed by atoms with van der Waals surface area (Å²) in [6.45, 7) is 8.85. The van der Waals surface area contributed by atoms with Crippen LogP contribution in [-0.4, -0.2) is 37.1 Å². The van der Waals surface area contributed by atoms with E-state index in [1.54, 1.807) is 11.3 Å². The second-order valence-electron chi connectivity index (χ2n) is 6.38. The van der Waals surface area contributed by atoms with Crippen LogP contribution in [0.15, 0.2) is 41.5 Å². The molecule has 1 atom stereocenters. The number of rotatable bonds is 6. The van der Waals surface area contributed by atoms with Gasteiger partial charge in [0.2, 0.25) is 0 Å². The maximum absolute atomic E-state index is 4.66. The number of hydrogen-bond donors (Lipinski definition) is 2. The van der Waals surface area contributed by atoms with Crippen LogP contribution in [0.4, 0.5) is 5.69 Å². The lowest BCUT2D eigenvalue weighted by Gasteiger charge is -2.19. The Morgan fingerprint density at radius 1 is 1.32 bits per heavy atom. The minimum absolute atomic E-state index is 0.634.